The first-order valence-electron chi connectivity index (χ1n) is 11.7. The standard InChI is InChI=1S/C25H36N2O3/c1-4-8-18-14-23(28)30-25-17(2)24(29)20(13-21(18)25)16-26(3)15-19-9-7-12-27-11-6-5-10-22(19)27/h13-14,19,22,29H,4-12,15-16H2,1-3H3. The molecular formula is C25H36N2O3. The lowest BCUT2D eigenvalue weighted by Gasteiger charge is -2.45. The normalized spacial score (nSPS) is 22.5. The molecule has 164 valence electrons. The second-order valence-corrected chi connectivity index (χ2v) is 9.42. The maximum absolute atomic E-state index is 12.0. The van der Waals surface area contributed by atoms with Crippen LogP contribution in [-0.2, 0) is 13.0 Å². The molecule has 2 saturated heterocycles. The van der Waals surface area contributed by atoms with Gasteiger partial charge >= 0.3 is 5.63 Å². The quantitative estimate of drug-likeness (QED) is 0.710. The van der Waals surface area contributed by atoms with Crippen molar-refractivity contribution in [2.45, 2.75) is 71.4 Å². The molecule has 5 heteroatoms. The van der Waals surface area contributed by atoms with E-state index < -0.39 is 0 Å². The van der Waals surface area contributed by atoms with E-state index in [0.717, 1.165) is 41.9 Å². The second kappa shape index (κ2) is 9.11. The van der Waals surface area contributed by atoms with E-state index >= 15 is 0 Å². The highest BCUT2D eigenvalue weighted by molar-refractivity contribution is 5.86. The Bertz CT molecular complexity index is 950. The molecular weight excluding hydrogens is 376 g/mol. The van der Waals surface area contributed by atoms with Crippen LogP contribution in [0.5, 0.6) is 5.75 Å². The van der Waals surface area contributed by atoms with E-state index in [4.69, 9.17) is 4.42 Å². The molecule has 2 fully saturated rings. The third-order valence-electron chi connectivity index (χ3n) is 7.14. The van der Waals surface area contributed by atoms with Crippen molar-refractivity contribution in [1.82, 2.24) is 9.80 Å². The van der Waals surface area contributed by atoms with Crippen molar-refractivity contribution in [1.29, 1.82) is 0 Å². The van der Waals surface area contributed by atoms with Gasteiger partial charge < -0.3 is 19.3 Å². The van der Waals surface area contributed by atoms with Gasteiger partial charge in [-0.3, -0.25) is 0 Å². The number of phenols is 1. The van der Waals surface area contributed by atoms with Crippen LogP contribution in [0, 0.1) is 12.8 Å². The number of aryl methyl sites for hydroxylation is 2. The summed E-state index contributed by atoms with van der Waals surface area (Å²) in [4.78, 5) is 17.1. The Morgan fingerprint density at radius 3 is 2.77 bits per heavy atom. The fourth-order valence-electron chi connectivity index (χ4n) is 5.72. The fraction of sp³-hybridized carbons (Fsp3) is 0.640. The Morgan fingerprint density at radius 1 is 1.17 bits per heavy atom. The monoisotopic (exact) mass is 412 g/mol. The molecule has 2 aliphatic rings. The van der Waals surface area contributed by atoms with E-state index in [1.54, 1.807) is 6.07 Å². The van der Waals surface area contributed by atoms with E-state index in [9.17, 15) is 9.90 Å². The summed E-state index contributed by atoms with van der Waals surface area (Å²) in [7, 11) is 2.17. The largest absolute Gasteiger partial charge is 0.507 e. The van der Waals surface area contributed by atoms with Gasteiger partial charge in [-0.05, 0) is 76.7 Å². The average molecular weight is 413 g/mol. The number of nitrogens with zero attached hydrogens (tertiary/aromatic N) is 2. The molecule has 3 heterocycles. The van der Waals surface area contributed by atoms with E-state index in [2.05, 4.69) is 23.8 Å². The van der Waals surface area contributed by atoms with Crippen LogP contribution in [0.15, 0.2) is 21.3 Å². The first kappa shape index (κ1) is 21.4. The van der Waals surface area contributed by atoms with Gasteiger partial charge in [-0.25, -0.2) is 4.79 Å². The highest BCUT2D eigenvalue weighted by Crippen LogP contribution is 2.34. The maximum Gasteiger partial charge on any atom is 0.336 e. The maximum atomic E-state index is 12.0. The number of hydrogen-bond donors (Lipinski definition) is 1. The zero-order valence-electron chi connectivity index (χ0n) is 18.7. The Labute approximate surface area is 179 Å². The summed E-state index contributed by atoms with van der Waals surface area (Å²) in [5.41, 5.74) is 2.79. The van der Waals surface area contributed by atoms with Crippen LogP contribution >= 0.6 is 0 Å². The Kier molecular flexibility index (Phi) is 6.49. The van der Waals surface area contributed by atoms with Crippen LogP contribution in [0.4, 0.5) is 0 Å². The Balaban J connectivity index is 1.57. The molecule has 2 unspecified atom stereocenters. The first-order chi connectivity index (χ1) is 14.5. The number of hydrogen-bond acceptors (Lipinski definition) is 5. The van der Waals surface area contributed by atoms with Crippen LogP contribution in [-0.4, -0.2) is 47.6 Å². The smallest absolute Gasteiger partial charge is 0.336 e. The Hall–Kier alpha value is -1.85. The highest BCUT2D eigenvalue weighted by Gasteiger charge is 2.33. The third-order valence-corrected chi connectivity index (χ3v) is 7.14. The molecule has 5 nitrogen and oxygen atoms in total. The zero-order chi connectivity index (χ0) is 21.3. The molecule has 0 radical (unpaired) electrons. The van der Waals surface area contributed by atoms with E-state index in [-0.39, 0.29) is 11.4 Å². The van der Waals surface area contributed by atoms with Gasteiger partial charge in [-0.1, -0.05) is 19.8 Å². The molecule has 0 spiro atoms. The van der Waals surface area contributed by atoms with Crippen LogP contribution in [0.3, 0.4) is 0 Å². The fourth-order valence-corrected chi connectivity index (χ4v) is 5.72. The molecule has 4 rings (SSSR count). The number of benzene rings is 1. The zero-order valence-corrected chi connectivity index (χ0v) is 18.7. The minimum atomic E-state index is -0.340. The molecule has 1 aromatic carbocycles. The van der Waals surface area contributed by atoms with Gasteiger partial charge in [0.25, 0.3) is 0 Å². The third kappa shape index (κ3) is 4.28. The Morgan fingerprint density at radius 2 is 1.97 bits per heavy atom. The molecule has 2 atom stereocenters. The van der Waals surface area contributed by atoms with Crippen LogP contribution < -0.4 is 5.63 Å². The number of aromatic hydroxyl groups is 1. The summed E-state index contributed by atoms with van der Waals surface area (Å²) in [5, 5.41) is 11.8. The van der Waals surface area contributed by atoms with Crippen LogP contribution in [0.25, 0.3) is 11.0 Å². The predicted molar refractivity (Wildman–Crippen MR) is 121 cm³/mol. The highest BCUT2D eigenvalue weighted by atomic mass is 16.4. The number of piperidine rings is 2. The van der Waals surface area contributed by atoms with Crippen molar-refractivity contribution in [2.75, 3.05) is 26.7 Å². The minimum absolute atomic E-state index is 0.258. The van der Waals surface area contributed by atoms with Crippen molar-refractivity contribution < 1.29 is 9.52 Å². The van der Waals surface area contributed by atoms with Gasteiger partial charge in [-0.2, -0.15) is 0 Å². The van der Waals surface area contributed by atoms with Crippen molar-refractivity contribution >= 4 is 11.0 Å². The average Bonchev–Trinajstić information content (AvgIpc) is 2.73. The van der Waals surface area contributed by atoms with Crippen molar-refractivity contribution in [3.8, 4) is 5.75 Å². The summed E-state index contributed by atoms with van der Waals surface area (Å²) in [6, 6.07) is 4.37. The van der Waals surface area contributed by atoms with Gasteiger partial charge in [0.15, 0.2) is 0 Å². The molecule has 0 aliphatic carbocycles. The van der Waals surface area contributed by atoms with E-state index in [1.165, 1.54) is 45.2 Å². The first-order valence-corrected chi connectivity index (χ1v) is 11.7. The van der Waals surface area contributed by atoms with Gasteiger partial charge in [0.05, 0.1) is 0 Å². The van der Waals surface area contributed by atoms with Gasteiger partial charge in [-0.15, -0.1) is 0 Å². The molecule has 0 bridgehead atoms. The lowest BCUT2D eigenvalue weighted by Crippen LogP contribution is -2.50. The summed E-state index contributed by atoms with van der Waals surface area (Å²) >= 11 is 0. The lowest BCUT2D eigenvalue weighted by molar-refractivity contribution is 0.0434. The predicted octanol–water partition coefficient (Wildman–Crippen LogP) is 4.46. The van der Waals surface area contributed by atoms with Gasteiger partial charge in [0, 0.05) is 41.7 Å². The van der Waals surface area contributed by atoms with Crippen molar-refractivity contribution in [2.24, 2.45) is 5.92 Å². The molecule has 1 aromatic heterocycles. The molecule has 0 saturated carbocycles. The van der Waals surface area contributed by atoms with E-state index in [1.807, 2.05) is 13.0 Å². The number of rotatable bonds is 6. The van der Waals surface area contributed by atoms with Crippen molar-refractivity contribution in [3.05, 3.63) is 39.2 Å². The lowest BCUT2D eigenvalue weighted by atomic mass is 9.83. The molecule has 0 amide bonds. The van der Waals surface area contributed by atoms with Crippen LogP contribution in [0.2, 0.25) is 0 Å². The topological polar surface area (TPSA) is 56.9 Å². The molecule has 30 heavy (non-hydrogen) atoms. The molecule has 2 aromatic rings. The number of fused-ring (bicyclic) bond motifs is 2. The van der Waals surface area contributed by atoms with Crippen molar-refractivity contribution in [3.63, 3.8) is 0 Å². The SMILES string of the molecule is CCCc1cc(=O)oc2c(C)c(O)c(CN(C)CC3CCCN4CCCCC34)cc12. The summed E-state index contributed by atoms with van der Waals surface area (Å²) in [5.74, 6) is 0.968. The van der Waals surface area contributed by atoms with E-state index in [0.29, 0.717) is 23.6 Å². The summed E-state index contributed by atoms with van der Waals surface area (Å²) in [6.45, 7) is 8.25. The van der Waals surface area contributed by atoms with Crippen LogP contribution in [0.1, 0.15) is 62.1 Å². The summed E-state index contributed by atoms with van der Waals surface area (Å²) < 4.78 is 5.47. The number of phenolic OH excluding ortho intramolecular Hbond substituents is 1. The molecule has 1 N–H and O–H groups in total. The van der Waals surface area contributed by atoms with Gasteiger partial charge in [0.2, 0.25) is 0 Å². The second-order valence-electron chi connectivity index (χ2n) is 9.42. The van der Waals surface area contributed by atoms with Gasteiger partial charge in [0.1, 0.15) is 11.3 Å². The molecule has 2 aliphatic heterocycles. The minimum Gasteiger partial charge on any atom is -0.507 e. The summed E-state index contributed by atoms with van der Waals surface area (Å²) in [6.07, 6.45) is 8.44.